The Morgan fingerprint density at radius 2 is 0.868 bits per heavy atom. The van der Waals surface area contributed by atoms with Gasteiger partial charge in [-0.2, -0.15) is 0 Å². The summed E-state index contributed by atoms with van der Waals surface area (Å²) in [5, 5.41) is 11.1. The summed E-state index contributed by atoms with van der Waals surface area (Å²) < 4.78 is 2.54. The van der Waals surface area contributed by atoms with E-state index < -0.39 is 0 Å². The molecule has 0 bridgehead atoms. The van der Waals surface area contributed by atoms with E-state index in [1.165, 1.54) is 57.9 Å². The van der Waals surface area contributed by atoms with Crippen molar-refractivity contribution in [2.75, 3.05) is 0 Å². The van der Waals surface area contributed by atoms with Crippen LogP contribution in [0.1, 0.15) is 0 Å². The summed E-state index contributed by atoms with van der Waals surface area (Å²) in [6, 6.07) is 62.4. The van der Waals surface area contributed by atoms with E-state index in [0.29, 0.717) is 5.82 Å². The minimum absolute atomic E-state index is 0.689. The molecule has 0 saturated carbocycles. The molecule has 4 heteroatoms. The lowest BCUT2D eigenvalue weighted by Gasteiger charge is -2.13. The van der Waals surface area contributed by atoms with E-state index >= 15 is 0 Å². The Morgan fingerprint density at radius 3 is 1.58 bits per heavy atom. The van der Waals surface area contributed by atoms with Gasteiger partial charge in [0.25, 0.3) is 0 Å². The number of nitrogens with zero attached hydrogens (tertiary/aromatic N) is 3. The van der Waals surface area contributed by atoms with Gasteiger partial charge < -0.3 is 0 Å². The lowest BCUT2D eigenvalue weighted by molar-refractivity contribution is 1.18. The fourth-order valence-corrected chi connectivity index (χ4v) is 9.18. The molecule has 0 spiro atoms. The molecule has 3 heterocycles. The molecule has 11 rings (SSSR count). The van der Waals surface area contributed by atoms with Crippen molar-refractivity contribution < 1.29 is 0 Å². The third kappa shape index (κ3) is 4.84. The maximum Gasteiger partial charge on any atom is 0.160 e. The first-order valence-corrected chi connectivity index (χ1v) is 18.7. The molecule has 11 aromatic rings. The fourth-order valence-electron chi connectivity index (χ4n) is 7.94. The highest BCUT2D eigenvalue weighted by atomic mass is 32.1. The predicted octanol–water partition coefficient (Wildman–Crippen LogP) is 13.5. The normalized spacial score (nSPS) is 11.8. The minimum atomic E-state index is 0.689. The third-order valence-corrected chi connectivity index (χ3v) is 11.7. The number of thiophene rings is 1. The SMILES string of the molecule is c1ccc(-c2cc(-c3ccc4c5ccccc5c5ccccc5c4c3)nc(-c3ccc(-c4nc5ccccc5c5sc6ccccc6c45)cc3)n2)cc1. The van der Waals surface area contributed by atoms with E-state index in [1.54, 1.807) is 0 Å². The quantitative estimate of drug-likeness (QED) is 0.172. The van der Waals surface area contributed by atoms with Gasteiger partial charge in [-0.05, 0) is 56.6 Å². The van der Waals surface area contributed by atoms with E-state index in [0.717, 1.165) is 44.9 Å². The molecule has 0 N–H and O–H groups in total. The molecule has 53 heavy (non-hydrogen) atoms. The largest absolute Gasteiger partial charge is 0.247 e. The van der Waals surface area contributed by atoms with E-state index in [9.17, 15) is 0 Å². The average molecular weight is 692 g/mol. The monoisotopic (exact) mass is 691 g/mol. The first kappa shape index (κ1) is 29.9. The van der Waals surface area contributed by atoms with Crippen molar-refractivity contribution in [1.82, 2.24) is 15.0 Å². The number of aromatic nitrogens is 3. The lowest BCUT2D eigenvalue weighted by Crippen LogP contribution is -1.96. The molecule has 0 amide bonds. The second-order valence-corrected chi connectivity index (χ2v) is 14.6. The van der Waals surface area contributed by atoms with Crippen molar-refractivity contribution in [3.05, 3.63) is 176 Å². The van der Waals surface area contributed by atoms with Crippen LogP contribution in [0.3, 0.4) is 0 Å². The first-order chi connectivity index (χ1) is 26.3. The van der Waals surface area contributed by atoms with Crippen LogP contribution in [0.5, 0.6) is 0 Å². The van der Waals surface area contributed by atoms with E-state index in [-0.39, 0.29) is 0 Å². The maximum absolute atomic E-state index is 5.25. The van der Waals surface area contributed by atoms with Crippen LogP contribution < -0.4 is 0 Å². The van der Waals surface area contributed by atoms with Gasteiger partial charge in [-0.25, -0.2) is 15.0 Å². The molecule has 0 saturated heterocycles. The van der Waals surface area contributed by atoms with Gasteiger partial charge in [0.2, 0.25) is 0 Å². The second kappa shape index (κ2) is 11.9. The Labute approximate surface area is 309 Å². The highest BCUT2D eigenvalue weighted by Gasteiger charge is 2.18. The smallest absolute Gasteiger partial charge is 0.160 e. The van der Waals surface area contributed by atoms with Crippen LogP contribution in [0.15, 0.2) is 176 Å². The number of para-hydroxylation sites is 1. The number of fused-ring (bicyclic) bond motifs is 11. The molecular formula is C49H29N3S. The summed E-state index contributed by atoms with van der Waals surface area (Å²) in [5.41, 5.74) is 7.92. The van der Waals surface area contributed by atoms with Gasteiger partial charge in [-0.15, -0.1) is 11.3 Å². The molecule has 0 aliphatic rings. The van der Waals surface area contributed by atoms with Crippen LogP contribution >= 0.6 is 11.3 Å². The van der Waals surface area contributed by atoms with Crippen molar-refractivity contribution in [2.45, 2.75) is 0 Å². The molecule has 3 aromatic heterocycles. The summed E-state index contributed by atoms with van der Waals surface area (Å²) in [6.07, 6.45) is 0. The summed E-state index contributed by atoms with van der Waals surface area (Å²) in [4.78, 5) is 15.6. The molecule has 0 aliphatic carbocycles. The van der Waals surface area contributed by atoms with Crippen molar-refractivity contribution >= 4 is 74.7 Å². The Kier molecular flexibility index (Phi) is 6.73. The van der Waals surface area contributed by atoms with Crippen molar-refractivity contribution in [3.8, 4) is 45.2 Å². The molecule has 3 nitrogen and oxygen atoms in total. The topological polar surface area (TPSA) is 38.7 Å². The summed E-state index contributed by atoms with van der Waals surface area (Å²) in [5.74, 6) is 0.689. The lowest BCUT2D eigenvalue weighted by atomic mass is 9.92. The van der Waals surface area contributed by atoms with E-state index in [1.807, 2.05) is 17.4 Å². The van der Waals surface area contributed by atoms with Gasteiger partial charge in [0.1, 0.15) is 0 Å². The second-order valence-electron chi connectivity index (χ2n) is 13.5. The maximum atomic E-state index is 5.25. The number of benzene rings is 8. The summed E-state index contributed by atoms with van der Waals surface area (Å²) >= 11 is 1.84. The Balaban J connectivity index is 1.08. The first-order valence-electron chi connectivity index (χ1n) is 17.9. The number of hydrogen-bond acceptors (Lipinski definition) is 4. The highest BCUT2D eigenvalue weighted by Crippen LogP contribution is 2.43. The zero-order chi connectivity index (χ0) is 34.9. The van der Waals surface area contributed by atoms with Crippen LogP contribution in [0.25, 0.3) is 109 Å². The standard InChI is InChI=1S/C49H29N3S/c1-2-12-30(13-3-1)43-29-44(33-26-27-38-36-16-5-4-14-34(36)35-15-6-7-17-37(35)41(38)28-33)52-49(51-43)32-24-22-31(23-25-32)47-46-40-19-9-11-21-45(40)53-48(46)39-18-8-10-20-42(39)50-47/h1-29H. The molecule has 0 unspecified atom stereocenters. The average Bonchev–Trinajstić information content (AvgIpc) is 3.64. The van der Waals surface area contributed by atoms with Crippen LogP contribution in [0.2, 0.25) is 0 Å². The molecule has 0 aliphatic heterocycles. The van der Waals surface area contributed by atoms with Gasteiger partial charge in [-0.1, -0.05) is 152 Å². The molecule has 0 fully saturated rings. The van der Waals surface area contributed by atoms with Crippen molar-refractivity contribution in [1.29, 1.82) is 0 Å². The van der Waals surface area contributed by atoms with Gasteiger partial charge in [-0.3, -0.25) is 0 Å². The number of pyridine rings is 1. The Bertz CT molecular complexity index is 3180. The van der Waals surface area contributed by atoms with Crippen LogP contribution in [0, 0.1) is 0 Å². The predicted molar refractivity (Wildman–Crippen MR) is 224 cm³/mol. The molecule has 246 valence electrons. The van der Waals surface area contributed by atoms with Gasteiger partial charge in [0.05, 0.1) is 22.6 Å². The highest BCUT2D eigenvalue weighted by molar-refractivity contribution is 7.26. The van der Waals surface area contributed by atoms with Crippen LogP contribution in [-0.2, 0) is 0 Å². The van der Waals surface area contributed by atoms with Crippen molar-refractivity contribution in [3.63, 3.8) is 0 Å². The number of rotatable bonds is 4. The molecule has 8 aromatic carbocycles. The van der Waals surface area contributed by atoms with Crippen molar-refractivity contribution in [2.24, 2.45) is 0 Å². The summed E-state index contributed by atoms with van der Waals surface area (Å²) in [6.45, 7) is 0. The van der Waals surface area contributed by atoms with E-state index in [4.69, 9.17) is 15.0 Å². The van der Waals surface area contributed by atoms with Crippen LogP contribution in [0.4, 0.5) is 0 Å². The Hall–Kier alpha value is -6.75. The zero-order valence-corrected chi connectivity index (χ0v) is 29.3. The minimum Gasteiger partial charge on any atom is -0.247 e. The van der Waals surface area contributed by atoms with Crippen LogP contribution in [-0.4, -0.2) is 15.0 Å². The van der Waals surface area contributed by atoms with Gasteiger partial charge in [0, 0.05) is 47.8 Å². The Morgan fingerprint density at radius 1 is 0.340 bits per heavy atom. The molecule has 0 radical (unpaired) electrons. The fraction of sp³-hybridized carbons (Fsp3) is 0. The molecular weight excluding hydrogens is 663 g/mol. The summed E-state index contributed by atoms with van der Waals surface area (Å²) in [7, 11) is 0. The molecule has 0 atom stereocenters. The zero-order valence-electron chi connectivity index (χ0n) is 28.5. The third-order valence-electron chi connectivity index (χ3n) is 10.5. The van der Waals surface area contributed by atoms with Gasteiger partial charge in [0.15, 0.2) is 5.82 Å². The number of hydrogen-bond donors (Lipinski definition) is 0. The van der Waals surface area contributed by atoms with Gasteiger partial charge >= 0.3 is 0 Å². The van der Waals surface area contributed by atoms with E-state index in [2.05, 4.69) is 170 Å².